The van der Waals surface area contributed by atoms with Gasteiger partial charge in [-0.3, -0.25) is 4.79 Å². The summed E-state index contributed by atoms with van der Waals surface area (Å²) in [5.41, 5.74) is 2.16. The molecule has 0 radical (unpaired) electrons. The molecule has 2 aromatic carbocycles. The van der Waals surface area contributed by atoms with Crippen LogP contribution in [-0.2, 0) is 6.61 Å². The van der Waals surface area contributed by atoms with E-state index >= 15 is 0 Å². The van der Waals surface area contributed by atoms with Gasteiger partial charge in [-0.25, -0.2) is 4.98 Å². The minimum atomic E-state index is -0.181. The maximum Gasteiger partial charge on any atom is 0.255 e. The third-order valence-corrected chi connectivity index (χ3v) is 4.35. The maximum absolute atomic E-state index is 12.2. The Labute approximate surface area is 149 Å². The molecule has 3 rings (SSSR count). The fourth-order valence-corrected chi connectivity index (χ4v) is 2.79. The Bertz CT molecular complexity index is 829. The zero-order valence-corrected chi connectivity index (χ0v) is 14.5. The van der Waals surface area contributed by atoms with Crippen LogP contribution in [0, 0.1) is 6.92 Å². The number of nitrogens with one attached hydrogen (secondary N) is 1. The molecule has 0 aliphatic heterocycles. The Hall–Kier alpha value is -2.37. The predicted molar refractivity (Wildman–Crippen MR) is 97.0 cm³/mol. The molecule has 0 unspecified atom stereocenters. The van der Waals surface area contributed by atoms with Crippen molar-refractivity contribution in [2.24, 2.45) is 0 Å². The van der Waals surface area contributed by atoms with E-state index in [9.17, 15) is 4.79 Å². The summed E-state index contributed by atoms with van der Waals surface area (Å²) in [5, 5.41) is 6.44. The van der Waals surface area contributed by atoms with Crippen LogP contribution in [0.5, 0.6) is 5.75 Å². The average Bonchev–Trinajstić information content (AvgIpc) is 3.01. The van der Waals surface area contributed by atoms with Gasteiger partial charge in [-0.05, 0) is 55.5 Å². The molecule has 0 aliphatic carbocycles. The molecule has 0 atom stereocenters. The lowest BCUT2D eigenvalue weighted by atomic mass is 10.2. The third kappa shape index (κ3) is 4.34. The number of benzene rings is 2. The van der Waals surface area contributed by atoms with E-state index in [0.717, 1.165) is 10.7 Å². The van der Waals surface area contributed by atoms with E-state index in [-0.39, 0.29) is 5.91 Å². The summed E-state index contributed by atoms with van der Waals surface area (Å²) < 4.78 is 5.67. The number of halogens is 1. The van der Waals surface area contributed by atoms with Gasteiger partial charge in [0.15, 0.2) is 0 Å². The average molecular weight is 359 g/mol. The van der Waals surface area contributed by atoms with Gasteiger partial charge < -0.3 is 10.1 Å². The van der Waals surface area contributed by atoms with Crippen molar-refractivity contribution in [3.05, 3.63) is 75.2 Å². The summed E-state index contributed by atoms with van der Waals surface area (Å²) in [6.45, 7) is 2.38. The van der Waals surface area contributed by atoms with E-state index in [2.05, 4.69) is 10.3 Å². The Kier molecular flexibility index (Phi) is 5.13. The molecule has 1 aromatic heterocycles. The van der Waals surface area contributed by atoms with Gasteiger partial charge in [-0.2, -0.15) is 0 Å². The van der Waals surface area contributed by atoms with E-state index < -0.39 is 0 Å². The van der Waals surface area contributed by atoms with Crippen molar-refractivity contribution in [2.75, 3.05) is 5.32 Å². The van der Waals surface area contributed by atoms with Crippen molar-refractivity contribution >= 4 is 34.5 Å². The number of carbonyl (C=O) groups excluding carboxylic acids is 1. The monoisotopic (exact) mass is 358 g/mol. The number of aryl methyl sites for hydroxylation is 1. The van der Waals surface area contributed by atoms with Crippen LogP contribution in [0.4, 0.5) is 5.69 Å². The summed E-state index contributed by atoms with van der Waals surface area (Å²) in [7, 11) is 0. The summed E-state index contributed by atoms with van der Waals surface area (Å²) in [5.74, 6) is 0.516. The van der Waals surface area contributed by atoms with Gasteiger partial charge in [-0.1, -0.05) is 11.6 Å². The normalized spacial score (nSPS) is 10.4. The first-order valence-electron chi connectivity index (χ1n) is 7.31. The molecular weight excluding hydrogens is 344 g/mol. The topological polar surface area (TPSA) is 51.2 Å². The number of aromatic nitrogens is 1. The molecule has 24 heavy (non-hydrogen) atoms. The Morgan fingerprint density at radius 3 is 2.50 bits per heavy atom. The van der Waals surface area contributed by atoms with Crippen molar-refractivity contribution in [1.82, 2.24) is 4.98 Å². The highest BCUT2D eigenvalue weighted by atomic mass is 35.5. The second-order valence-electron chi connectivity index (χ2n) is 5.13. The molecule has 0 saturated carbocycles. The van der Waals surface area contributed by atoms with Crippen molar-refractivity contribution in [3.63, 3.8) is 0 Å². The van der Waals surface area contributed by atoms with Crippen LogP contribution in [-0.4, -0.2) is 10.9 Å². The molecule has 0 aliphatic rings. The number of nitrogens with zero attached hydrogens (tertiary/aromatic N) is 1. The molecule has 1 N–H and O–H groups in total. The molecule has 4 nitrogen and oxygen atoms in total. The van der Waals surface area contributed by atoms with Crippen LogP contribution in [0.15, 0.2) is 53.9 Å². The van der Waals surface area contributed by atoms with Gasteiger partial charge in [-0.15, -0.1) is 11.3 Å². The van der Waals surface area contributed by atoms with Gasteiger partial charge >= 0.3 is 0 Å². The van der Waals surface area contributed by atoms with E-state index in [4.69, 9.17) is 16.3 Å². The predicted octanol–water partition coefficient (Wildman–Crippen LogP) is 4.94. The number of hydrogen-bond donors (Lipinski definition) is 1. The van der Waals surface area contributed by atoms with Crippen LogP contribution in [0.3, 0.4) is 0 Å². The minimum Gasteiger partial charge on any atom is -0.487 e. The lowest BCUT2D eigenvalue weighted by Gasteiger charge is -2.07. The van der Waals surface area contributed by atoms with Gasteiger partial charge in [0, 0.05) is 21.7 Å². The summed E-state index contributed by atoms with van der Waals surface area (Å²) in [4.78, 5) is 16.5. The molecule has 0 fully saturated rings. The van der Waals surface area contributed by atoms with Crippen molar-refractivity contribution in [2.45, 2.75) is 13.5 Å². The highest BCUT2D eigenvalue weighted by Crippen LogP contribution is 2.18. The molecule has 0 bridgehead atoms. The molecule has 1 amide bonds. The molecular formula is C18H15ClN2O2S. The van der Waals surface area contributed by atoms with Gasteiger partial charge in [0.1, 0.15) is 12.4 Å². The smallest absolute Gasteiger partial charge is 0.255 e. The number of carbonyl (C=O) groups is 1. The molecule has 3 aromatic rings. The van der Waals surface area contributed by atoms with E-state index in [1.165, 1.54) is 0 Å². The fourth-order valence-electron chi connectivity index (χ4n) is 2.07. The molecule has 1 heterocycles. The first-order chi connectivity index (χ1) is 11.6. The molecule has 0 saturated heterocycles. The third-order valence-electron chi connectivity index (χ3n) is 3.27. The summed E-state index contributed by atoms with van der Waals surface area (Å²) in [6, 6.07) is 14.0. The van der Waals surface area contributed by atoms with Crippen molar-refractivity contribution in [1.29, 1.82) is 0 Å². The molecule has 122 valence electrons. The van der Waals surface area contributed by atoms with Crippen molar-refractivity contribution in [3.8, 4) is 5.75 Å². The number of amides is 1. The number of hydrogen-bond acceptors (Lipinski definition) is 4. The zero-order valence-electron chi connectivity index (χ0n) is 13.0. The van der Waals surface area contributed by atoms with Gasteiger partial charge in [0.2, 0.25) is 0 Å². The van der Waals surface area contributed by atoms with Crippen LogP contribution in [0.25, 0.3) is 0 Å². The Morgan fingerprint density at radius 2 is 1.88 bits per heavy atom. The second-order valence-corrected chi connectivity index (χ2v) is 6.63. The number of thiazole rings is 1. The largest absolute Gasteiger partial charge is 0.487 e. The van der Waals surface area contributed by atoms with E-state index in [1.54, 1.807) is 59.9 Å². The summed E-state index contributed by atoms with van der Waals surface area (Å²) in [6.07, 6.45) is 0. The maximum atomic E-state index is 12.2. The number of ether oxygens (including phenoxy) is 1. The van der Waals surface area contributed by atoms with Gasteiger partial charge in [0.25, 0.3) is 5.91 Å². The SMILES string of the molecule is Cc1nc(COc2ccc(C(=O)Nc3ccc(Cl)cc3)cc2)cs1. The van der Waals surface area contributed by atoms with Crippen LogP contribution >= 0.6 is 22.9 Å². The second kappa shape index (κ2) is 7.47. The van der Waals surface area contributed by atoms with E-state index in [0.29, 0.717) is 28.6 Å². The first kappa shape index (κ1) is 16.5. The number of anilines is 1. The highest BCUT2D eigenvalue weighted by Gasteiger charge is 2.07. The lowest BCUT2D eigenvalue weighted by molar-refractivity contribution is 0.102. The fraction of sp³-hybridized carbons (Fsp3) is 0.111. The van der Waals surface area contributed by atoms with Crippen LogP contribution in [0.2, 0.25) is 5.02 Å². The molecule has 0 spiro atoms. The Morgan fingerprint density at radius 1 is 1.17 bits per heavy atom. The van der Waals surface area contributed by atoms with Crippen molar-refractivity contribution < 1.29 is 9.53 Å². The minimum absolute atomic E-state index is 0.181. The lowest BCUT2D eigenvalue weighted by Crippen LogP contribution is -2.11. The Balaban J connectivity index is 1.59. The summed E-state index contributed by atoms with van der Waals surface area (Å²) >= 11 is 7.42. The first-order valence-corrected chi connectivity index (χ1v) is 8.57. The highest BCUT2D eigenvalue weighted by molar-refractivity contribution is 7.09. The standard InChI is InChI=1S/C18H15ClN2O2S/c1-12-20-16(11-24-12)10-23-17-8-2-13(3-9-17)18(22)21-15-6-4-14(19)5-7-15/h2-9,11H,10H2,1H3,(H,21,22). The van der Waals surface area contributed by atoms with Crippen LogP contribution in [0.1, 0.15) is 21.1 Å². The van der Waals surface area contributed by atoms with Crippen LogP contribution < -0.4 is 10.1 Å². The number of rotatable bonds is 5. The van der Waals surface area contributed by atoms with E-state index in [1.807, 2.05) is 12.3 Å². The zero-order chi connectivity index (χ0) is 16.9. The molecule has 6 heteroatoms. The quantitative estimate of drug-likeness (QED) is 0.703. The van der Waals surface area contributed by atoms with Gasteiger partial charge in [0.05, 0.1) is 10.7 Å².